The quantitative estimate of drug-likeness (QED) is 0.823. The Morgan fingerprint density at radius 1 is 1.41 bits per heavy atom. The molecule has 1 aromatic rings. The number of anilines is 1. The average Bonchev–Trinajstić information content (AvgIpc) is 2.28. The van der Waals surface area contributed by atoms with Crippen molar-refractivity contribution in [2.24, 2.45) is 5.73 Å². The van der Waals surface area contributed by atoms with E-state index < -0.39 is 5.91 Å². The van der Waals surface area contributed by atoms with Gasteiger partial charge >= 0.3 is 0 Å². The highest BCUT2D eigenvalue weighted by atomic mass is 16.5. The summed E-state index contributed by atoms with van der Waals surface area (Å²) in [6.07, 6.45) is 2.09. The highest BCUT2D eigenvalue weighted by Gasteiger charge is 2.22. The molecule has 1 aliphatic heterocycles. The van der Waals surface area contributed by atoms with Crippen LogP contribution in [0.1, 0.15) is 24.3 Å². The molecule has 2 rings (SSSR count). The van der Waals surface area contributed by atoms with E-state index in [9.17, 15) is 4.79 Å². The Morgan fingerprint density at radius 2 is 2.06 bits per heavy atom. The number of ether oxygens (including phenoxy) is 1. The summed E-state index contributed by atoms with van der Waals surface area (Å²) in [5.41, 5.74) is 6.44. The number of nitrogens with zero attached hydrogens (tertiary/aromatic N) is 2. The summed E-state index contributed by atoms with van der Waals surface area (Å²) in [7, 11) is 0. The van der Waals surface area contributed by atoms with Crippen LogP contribution in [0.2, 0.25) is 0 Å². The lowest BCUT2D eigenvalue weighted by Crippen LogP contribution is -2.45. The maximum absolute atomic E-state index is 10.9. The number of carbonyl (C=O) groups excluding carboxylic acids is 1. The third-order valence-electron chi connectivity index (χ3n) is 2.79. The molecule has 17 heavy (non-hydrogen) atoms. The Balaban J connectivity index is 2.14. The Labute approximate surface area is 101 Å². The number of aromatic nitrogens is 1. The van der Waals surface area contributed by atoms with E-state index in [4.69, 9.17) is 10.5 Å². The second-order valence-electron chi connectivity index (χ2n) is 4.43. The molecule has 2 heterocycles. The van der Waals surface area contributed by atoms with Crippen LogP contribution in [0.3, 0.4) is 0 Å². The van der Waals surface area contributed by atoms with Crippen molar-refractivity contribution in [3.05, 3.63) is 24.0 Å². The molecule has 1 aliphatic rings. The SMILES string of the molecule is C[C@@H]1CN(c2ccc(C(N)=O)nc2)C[C@H](C)O1. The molecule has 1 aromatic heterocycles. The van der Waals surface area contributed by atoms with E-state index >= 15 is 0 Å². The smallest absolute Gasteiger partial charge is 0.267 e. The molecule has 2 N–H and O–H groups in total. The van der Waals surface area contributed by atoms with Gasteiger partial charge in [0.15, 0.2) is 0 Å². The van der Waals surface area contributed by atoms with Gasteiger partial charge in [0.25, 0.3) is 5.91 Å². The molecular formula is C12H17N3O2. The van der Waals surface area contributed by atoms with Gasteiger partial charge in [0.05, 0.1) is 24.1 Å². The summed E-state index contributed by atoms with van der Waals surface area (Å²) in [5.74, 6) is -0.500. The first kappa shape index (κ1) is 11.9. The summed E-state index contributed by atoms with van der Waals surface area (Å²) >= 11 is 0. The fraction of sp³-hybridized carbons (Fsp3) is 0.500. The van der Waals surface area contributed by atoms with E-state index in [2.05, 4.69) is 9.88 Å². The molecule has 0 bridgehead atoms. The molecule has 0 radical (unpaired) electrons. The van der Waals surface area contributed by atoms with Gasteiger partial charge in [0, 0.05) is 13.1 Å². The molecule has 5 heteroatoms. The number of rotatable bonds is 2. The minimum atomic E-state index is -0.500. The van der Waals surface area contributed by atoms with Gasteiger partial charge in [-0.1, -0.05) is 0 Å². The van der Waals surface area contributed by atoms with Crippen LogP contribution < -0.4 is 10.6 Å². The van der Waals surface area contributed by atoms with Crippen molar-refractivity contribution < 1.29 is 9.53 Å². The number of pyridine rings is 1. The Kier molecular flexibility index (Phi) is 3.28. The van der Waals surface area contributed by atoms with Crippen LogP contribution >= 0.6 is 0 Å². The van der Waals surface area contributed by atoms with Crippen molar-refractivity contribution in [1.82, 2.24) is 4.98 Å². The van der Waals surface area contributed by atoms with E-state index in [0.717, 1.165) is 18.8 Å². The number of primary amides is 1. The molecular weight excluding hydrogens is 218 g/mol. The van der Waals surface area contributed by atoms with Gasteiger partial charge in [-0.2, -0.15) is 0 Å². The summed E-state index contributed by atoms with van der Waals surface area (Å²) in [6, 6.07) is 3.53. The highest BCUT2D eigenvalue weighted by Crippen LogP contribution is 2.19. The molecule has 1 fully saturated rings. The predicted octanol–water partition coefficient (Wildman–Crippen LogP) is 0.794. The first-order valence-corrected chi connectivity index (χ1v) is 5.72. The molecule has 0 unspecified atom stereocenters. The van der Waals surface area contributed by atoms with Crippen LogP contribution in [0.5, 0.6) is 0 Å². The van der Waals surface area contributed by atoms with Gasteiger partial charge in [-0.25, -0.2) is 4.98 Å². The molecule has 2 atom stereocenters. The molecule has 5 nitrogen and oxygen atoms in total. The minimum absolute atomic E-state index is 0.203. The largest absolute Gasteiger partial charge is 0.372 e. The fourth-order valence-corrected chi connectivity index (χ4v) is 2.11. The maximum atomic E-state index is 10.9. The molecule has 0 saturated carbocycles. The monoisotopic (exact) mass is 235 g/mol. The van der Waals surface area contributed by atoms with Crippen LogP contribution in [0.15, 0.2) is 18.3 Å². The normalized spacial score (nSPS) is 24.7. The van der Waals surface area contributed by atoms with E-state index in [0.29, 0.717) is 5.69 Å². The van der Waals surface area contributed by atoms with E-state index in [1.54, 1.807) is 12.3 Å². The average molecular weight is 235 g/mol. The number of hydrogen-bond donors (Lipinski definition) is 1. The van der Waals surface area contributed by atoms with Crippen molar-refractivity contribution >= 4 is 11.6 Å². The van der Waals surface area contributed by atoms with E-state index in [1.807, 2.05) is 19.9 Å². The van der Waals surface area contributed by atoms with Crippen molar-refractivity contribution in [2.45, 2.75) is 26.1 Å². The Bertz CT molecular complexity index is 395. The topological polar surface area (TPSA) is 68.5 Å². The van der Waals surface area contributed by atoms with Gasteiger partial charge in [0.2, 0.25) is 0 Å². The van der Waals surface area contributed by atoms with Gasteiger partial charge < -0.3 is 15.4 Å². The van der Waals surface area contributed by atoms with Crippen molar-refractivity contribution in [1.29, 1.82) is 0 Å². The zero-order chi connectivity index (χ0) is 12.4. The summed E-state index contributed by atoms with van der Waals surface area (Å²) < 4.78 is 5.66. The summed E-state index contributed by atoms with van der Waals surface area (Å²) in [5, 5.41) is 0. The lowest BCUT2D eigenvalue weighted by Gasteiger charge is -2.36. The molecule has 0 aliphatic carbocycles. The number of carbonyl (C=O) groups is 1. The maximum Gasteiger partial charge on any atom is 0.267 e. The number of hydrogen-bond acceptors (Lipinski definition) is 4. The van der Waals surface area contributed by atoms with Gasteiger partial charge in [-0.15, -0.1) is 0 Å². The first-order valence-electron chi connectivity index (χ1n) is 5.72. The summed E-state index contributed by atoms with van der Waals surface area (Å²) in [6.45, 7) is 5.77. The van der Waals surface area contributed by atoms with Crippen LogP contribution in [-0.4, -0.2) is 36.2 Å². The zero-order valence-electron chi connectivity index (χ0n) is 10.1. The molecule has 0 aromatic carbocycles. The Hall–Kier alpha value is -1.62. The first-order chi connectivity index (χ1) is 8.06. The number of nitrogens with two attached hydrogens (primary N) is 1. The predicted molar refractivity (Wildman–Crippen MR) is 65.0 cm³/mol. The van der Waals surface area contributed by atoms with Gasteiger partial charge in [-0.05, 0) is 26.0 Å². The third kappa shape index (κ3) is 2.74. The fourth-order valence-electron chi connectivity index (χ4n) is 2.11. The van der Waals surface area contributed by atoms with Crippen molar-refractivity contribution in [2.75, 3.05) is 18.0 Å². The van der Waals surface area contributed by atoms with Gasteiger partial charge in [0.1, 0.15) is 5.69 Å². The molecule has 1 saturated heterocycles. The highest BCUT2D eigenvalue weighted by molar-refractivity contribution is 5.90. The number of amides is 1. The standard InChI is InChI=1S/C12H17N3O2/c1-8-6-15(7-9(2)17-8)10-3-4-11(12(13)16)14-5-10/h3-5,8-9H,6-7H2,1-2H3,(H2,13,16)/t8-,9+. The third-order valence-corrected chi connectivity index (χ3v) is 2.79. The second kappa shape index (κ2) is 4.71. The van der Waals surface area contributed by atoms with Crippen LogP contribution in [0.4, 0.5) is 5.69 Å². The number of morpholine rings is 1. The van der Waals surface area contributed by atoms with Gasteiger partial charge in [-0.3, -0.25) is 4.79 Å². The second-order valence-corrected chi connectivity index (χ2v) is 4.43. The summed E-state index contributed by atoms with van der Waals surface area (Å²) in [4.78, 5) is 17.2. The minimum Gasteiger partial charge on any atom is -0.372 e. The zero-order valence-corrected chi connectivity index (χ0v) is 10.1. The van der Waals surface area contributed by atoms with Crippen molar-refractivity contribution in [3.8, 4) is 0 Å². The molecule has 1 amide bonds. The lowest BCUT2D eigenvalue weighted by molar-refractivity contribution is -0.00523. The van der Waals surface area contributed by atoms with E-state index in [-0.39, 0.29) is 12.2 Å². The van der Waals surface area contributed by atoms with Crippen LogP contribution in [0, 0.1) is 0 Å². The Morgan fingerprint density at radius 3 is 2.53 bits per heavy atom. The van der Waals surface area contributed by atoms with Crippen LogP contribution in [-0.2, 0) is 4.74 Å². The van der Waals surface area contributed by atoms with Crippen molar-refractivity contribution in [3.63, 3.8) is 0 Å². The molecule has 92 valence electrons. The van der Waals surface area contributed by atoms with E-state index in [1.165, 1.54) is 0 Å². The molecule has 0 spiro atoms. The lowest BCUT2D eigenvalue weighted by atomic mass is 10.2. The van der Waals surface area contributed by atoms with Crippen LogP contribution in [0.25, 0.3) is 0 Å².